The van der Waals surface area contributed by atoms with E-state index >= 15 is 0 Å². The van der Waals surface area contributed by atoms with Crippen molar-refractivity contribution in [3.63, 3.8) is 0 Å². The number of aliphatic hydroxyl groups excluding tert-OH is 3. The Balaban J connectivity index is 1.95. The lowest BCUT2D eigenvalue weighted by molar-refractivity contribution is -0.0937. The molecule has 3 N–H and O–H groups in total. The highest BCUT2D eigenvalue weighted by Crippen LogP contribution is 2.21. The van der Waals surface area contributed by atoms with Gasteiger partial charge in [-0.3, -0.25) is 0 Å². The molecule has 1 rings (SSSR count). The molecule has 0 bridgehead atoms. The summed E-state index contributed by atoms with van der Waals surface area (Å²) in [6.07, 6.45) is 15.2. The number of rotatable bonds is 16. The first-order valence-corrected chi connectivity index (χ1v) is 10.6. The van der Waals surface area contributed by atoms with Crippen LogP contribution in [0.1, 0.15) is 77.6 Å². The van der Waals surface area contributed by atoms with Crippen molar-refractivity contribution in [2.24, 2.45) is 0 Å². The third kappa shape index (κ3) is 10.0. The average molecular weight is 373 g/mol. The second-order valence-corrected chi connectivity index (χ2v) is 7.33. The maximum atomic E-state index is 9.85. The first kappa shape index (κ1) is 23.6. The van der Waals surface area contributed by atoms with Gasteiger partial charge in [0.2, 0.25) is 0 Å². The molecular weight excluding hydrogens is 332 g/mol. The van der Waals surface area contributed by atoms with Crippen LogP contribution in [-0.4, -0.2) is 59.6 Å². The molecule has 0 aromatic carbocycles. The van der Waals surface area contributed by atoms with Crippen LogP contribution in [0.4, 0.5) is 0 Å². The van der Waals surface area contributed by atoms with Crippen molar-refractivity contribution < 1.29 is 24.8 Å². The summed E-state index contributed by atoms with van der Waals surface area (Å²) in [7, 11) is 0. The molecule has 0 spiro atoms. The summed E-state index contributed by atoms with van der Waals surface area (Å²) in [6, 6.07) is 0. The standard InChI is InChI=1S/C21H40O5/c1-2-3-4-5-6-7-8-9-10-11-12-13-14-15-25-21-19(24)17-26-20(21)18(23)16-22/h10-11,18-24H,2-9,12-17H2,1H3/b11-10+/t18-,19+,20+,21+/m1/s1. The van der Waals surface area contributed by atoms with E-state index in [1.165, 1.54) is 51.4 Å². The largest absolute Gasteiger partial charge is 0.394 e. The highest BCUT2D eigenvalue weighted by atomic mass is 16.6. The van der Waals surface area contributed by atoms with Gasteiger partial charge in [-0.15, -0.1) is 0 Å². The van der Waals surface area contributed by atoms with E-state index in [1.54, 1.807) is 0 Å². The molecule has 0 aromatic heterocycles. The first-order valence-electron chi connectivity index (χ1n) is 10.6. The van der Waals surface area contributed by atoms with Crippen molar-refractivity contribution in [1.82, 2.24) is 0 Å². The Hall–Kier alpha value is -0.460. The molecule has 1 fully saturated rings. The first-order chi connectivity index (χ1) is 12.7. The quantitative estimate of drug-likeness (QED) is 0.286. The molecule has 4 atom stereocenters. The molecule has 0 radical (unpaired) electrons. The van der Waals surface area contributed by atoms with Crippen molar-refractivity contribution >= 4 is 0 Å². The number of hydrogen-bond donors (Lipinski definition) is 3. The molecule has 0 amide bonds. The molecule has 5 nitrogen and oxygen atoms in total. The van der Waals surface area contributed by atoms with Gasteiger partial charge in [-0.25, -0.2) is 0 Å². The number of aliphatic hydroxyl groups is 3. The average Bonchev–Trinajstić information content (AvgIpc) is 3.02. The topological polar surface area (TPSA) is 79.2 Å². The zero-order valence-electron chi connectivity index (χ0n) is 16.5. The summed E-state index contributed by atoms with van der Waals surface area (Å²) < 4.78 is 11.0. The molecule has 0 unspecified atom stereocenters. The van der Waals surface area contributed by atoms with E-state index in [-0.39, 0.29) is 13.2 Å². The molecule has 1 heterocycles. The predicted octanol–water partition coefficient (Wildman–Crippen LogP) is 3.35. The SMILES string of the molecule is CCCCCCCCC/C=C/CCCCO[C@@H]1[C@H]([C@H](O)CO)OC[C@@H]1O. The van der Waals surface area contributed by atoms with E-state index < -0.39 is 24.4 Å². The van der Waals surface area contributed by atoms with E-state index in [4.69, 9.17) is 14.6 Å². The second kappa shape index (κ2) is 15.6. The van der Waals surface area contributed by atoms with Crippen LogP contribution in [0.15, 0.2) is 12.2 Å². The van der Waals surface area contributed by atoms with E-state index in [0.717, 1.165) is 19.3 Å². The van der Waals surface area contributed by atoms with Crippen LogP contribution in [0.25, 0.3) is 0 Å². The number of unbranched alkanes of at least 4 members (excludes halogenated alkanes) is 9. The molecule has 0 saturated carbocycles. The van der Waals surface area contributed by atoms with Gasteiger partial charge in [0.15, 0.2) is 0 Å². The van der Waals surface area contributed by atoms with Gasteiger partial charge in [0.05, 0.1) is 13.2 Å². The normalized spacial score (nSPS) is 24.5. The van der Waals surface area contributed by atoms with E-state index in [2.05, 4.69) is 19.1 Å². The van der Waals surface area contributed by atoms with Crippen LogP contribution in [0.5, 0.6) is 0 Å². The fourth-order valence-electron chi connectivity index (χ4n) is 3.30. The minimum Gasteiger partial charge on any atom is -0.394 e. The van der Waals surface area contributed by atoms with E-state index in [0.29, 0.717) is 6.61 Å². The van der Waals surface area contributed by atoms with Crippen molar-refractivity contribution in [3.05, 3.63) is 12.2 Å². The van der Waals surface area contributed by atoms with Crippen molar-refractivity contribution in [2.45, 2.75) is 102 Å². The van der Waals surface area contributed by atoms with Crippen molar-refractivity contribution in [2.75, 3.05) is 19.8 Å². The third-order valence-corrected chi connectivity index (χ3v) is 4.95. The van der Waals surface area contributed by atoms with Gasteiger partial charge >= 0.3 is 0 Å². The van der Waals surface area contributed by atoms with Gasteiger partial charge in [0.25, 0.3) is 0 Å². The second-order valence-electron chi connectivity index (χ2n) is 7.33. The lowest BCUT2D eigenvalue weighted by Gasteiger charge is -2.23. The highest BCUT2D eigenvalue weighted by Gasteiger charge is 2.40. The van der Waals surface area contributed by atoms with E-state index in [9.17, 15) is 10.2 Å². The molecule has 1 aliphatic heterocycles. The van der Waals surface area contributed by atoms with Crippen LogP contribution in [-0.2, 0) is 9.47 Å². The summed E-state index contributed by atoms with van der Waals surface area (Å²) in [6.45, 7) is 2.54. The monoisotopic (exact) mass is 372 g/mol. The minimum atomic E-state index is -1.01. The van der Waals surface area contributed by atoms with Gasteiger partial charge in [0, 0.05) is 6.61 Å². The molecule has 0 aliphatic carbocycles. The Labute approximate surface area is 159 Å². The maximum Gasteiger partial charge on any atom is 0.114 e. The Kier molecular flexibility index (Phi) is 14.1. The molecule has 1 aliphatic rings. The van der Waals surface area contributed by atoms with Gasteiger partial charge < -0.3 is 24.8 Å². The molecule has 154 valence electrons. The summed E-state index contributed by atoms with van der Waals surface area (Å²) in [5, 5.41) is 28.6. The Morgan fingerprint density at radius 2 is 1.62 bits per heavy atom. The zero-order valence-corrected chi connectivity index (χ0v) is 16.5. The fraction of sp³-hybridized carbons (Fsp3) is 0.905. The fourth-order valence-corrected chi connectivity index (χ4v) is 3.30. The molecule has 1 saturated heterocycles. The molecule has 0 aromatic rings. The smallest absolute Gasteiger partial charge is 0.114 e. The Morgan fingerprint density at radius 3 is 2.27 bits per heavy atom. The van der Waals surface area contributed by atoms with Gasteiger partial charge in [-0.1, -0.05) is 57.6 Å². The molecule has 5 heteroatoms. The molecular formula is C21H40O5. The van der Waals surface area contributed by atoms with Crippen molar-refractivity contribution in [1.29, 1.82) is 0 Å². The maximum absolute atomic E-state index is 9.85. The summed E-state index contributed by atoms with van der Waals surface area (Å²) in [5.74, 6) is 0. The summed E-state index contributed by atoms with van der Waals surface area (Å²) >= 11 is 0. The number of allylic oxidation sites excluding steroid dienone is 2. The Bertz CT molecular complexity index is 347. The van der Waals surface area contributed by atoms with Crippen molar-refractivity contribution in [3.8, 4) is 0 Å². The van der Waals surface area contributed by atoms with Crippen LogP contribution in [0.3, 0.4) is 0 Å². The van der Waals surface area contributed by atoms with Crippen LogP contribution >= 0.6 is 0 Å². The lowest BCUT2D eigenvalue weighted by Crippen LogP contribution is -2.42. The van der Waals surface area contributed by atoms with Crippen LogP contribution in [0, 0.1) is 0 Å². The van der Waals surface area contributed by atoms with Gasteiger partial charge in [-0.05, 0) is 32.1 Å². The summed E-state index contributed by atoms with van der Waals surface area (Å²) in [5.41, 5.74) is 0. The van der Waals surface area contributed by atoms with Crippen LogP contribution < -0.4 is 0 Å². The number of ether oxygens (including phenoxy) is 2. The number of hydrogen-bond acceptors (Lipinski definition) is 5. The third-order valence-electron chi connectivity index (χ3n) is 4.95. The summed E-state index contributed by atoms with van der Waals surface area (Å²) in [4.78, 5) is 0. The van der Waals surface area contributed by atoms with Crippen LogP contribution in [0.2, 0.25) is 0 Å². The molecule has 26 heavy (non-hydrogen) atoms. The predicted molar refractivity (Wildman–Crippen MR) is 104 cm³/mol. The van der Waals surface area contributed by atoms with E-state index in [1.807, 2.05) is 0 Å². The highest BCUT2D eigenvalue weighted by molar-refractivity contribution is 4.89. The van der Waals surface area contributed by atoms with Gasteiger partial charge in [0.1, 0.15) is 24.4 Å². The Morgan fingerprint density at radius 1 is 1.00 bits per heavy atom. The minimum absolute atomic E-state index is 0.147. The zero-order chi connectivity index (χ0) is 19.0. The van der Waals surface area contributed by atoms with Gasteiger partial charge in [-0.2, -0.15) is 0 Å². The lowest BCUT2D eigenvalue weighted by atomic mass is 10.1.